The molecule has 2 nitrogen and oxygen atoms in total. The lowest BCUT2D eigenvalue weighted by atomic mass is 10.0. The largest absolute Gasteiger partial charge is 0.399 e. The predicted molar refractivity (Wildman–Crippen MR) is 126 cm³/mol. The van der Waals surface area contributed by atoms with Crippen LogP contribution < -0.4 is 21.4 Å². The van der Waals surface area contributed by atoms with Gasteiger partial charge in [0.1, 0.15) is 8.80 Å². The van der Waals surface area contributed by atoms with Gasteiger partial charge in [0.15, 0.2) is 0 Å². The van der Waals surface area contributed by atoms with Gasteiger partial charge in [0.05, 0.1) is 0 Å². The minimum Gasteiger partial charge on any atom is -0.399 e. The third-order valence-corrected chi connectivity index (χ3v) is 8.40. The molecule has 141 valence electrons. The van der Waals surface area contributed by atoms with Crippen LogP contribution in [0.3, 0.4) is 0 Å². The van der Waals surface area contributed by atoms with Gasteiger partial charge in [-0.3, -0.25) is 0 Å². The summed E-state index contributed by atoms with van der Waals surface area (Å²) in [6, 6.07) is 18.8. The van der Waals surface area contributed by atoms with Crippen molar-refractivity contribution in [3.63, 3.8) is 0 Å². The maximum atomic E-state index is 6.13. The van der Waals surface area contributed by atoms with Crippen LogP contribution in [0.2, 0.25) is 6.04 Å². The lowest BCUT2D eigenvalue weighted by Gasteiger charge is -2.20. The number of nitrogens with one attached hydrogen (secondary N) is 1. The van der Waals surface area contributed by atoms with E-state index in [0.717, 1.165) is 17.4 Å². The molecule has 1 aliphatic rings. The van der Waals surface area contributed by atoms with Crippen LogP contribution in [0.4, 0.5) is 17.1 Å². The lowest BCUT2D eigenvalue weighted by Crippen LogP contribution is -2.43. The van der Waals surface area contributed by atoms with E-state index in [0.29, 0.717) is 0 Å². The van der Waals surface area contributed by atoms with Crippen molar-refractivity contribution in [2.24, 2.45) is 0 Å². The van der Waals surface area contributed by atoms with Crippen LogP contribution in [0.25, 0.3) is 12.2 Å². The molecule has 3 N–H and O–H groups in total. The summed E-state index contributed by atoms with van der Waals surface area (Å²) in [5.41, 5.74) is 15.9. The average Bonchev–Trinajstić information content (AvgIpc) is 2.80. The van der Waals surface area contributed by atoms with Gasteiger partial charge in [-0.05, 0) is 77.7 Å². The highest BCUT2D eigenvalue weighted by Gasteiger charge is 2.23. The van der Waals surface area contributed by atoms with Crippen LogP contribution in [0, 0.1) is 20.8 Å². The minimum absolute atomic E-state index is 0.853. The van der Waals surface area contributed by atoms with Crippen molar-refractivity contribution in [2.45, 2.75) is 33.7 Å². The number of aryl methyl sites for hydroxylation is 3. The predicted octanol–water partition coefficient (Wildman–Crippen LogP) is 5.05. The number of hydrogen-bond acceptors (Lipinski definition) is 2. The molecule has 0 amide bonds. The second-order valence-corrected chi connectivity index (χ2v) is 10.5. The molecule has 0 fully saturated rings. The van der Waals surface area contributed by atoms with Gasteiger partial charge in [-0.15, -0.1) is 0 Å². The van der Waals surface area contributed by atoms with Gasteiger partial charge in [0.2, 0.25) is 0 Å². The van der Waals surface area contributed by atoms with Crippen LogP contribution in [0.15, 0.2) is 48.5 Å². The molecule has 1 aliphatic heterocycles. The van der Waals surface area contributed by atoms with Crippen molar-refractivity contribution in [2.75, 3.05) is 11.1 Å². The van der Waals surface area contributed by atoms with Crippen LogP contribution in [0.5, 0.6) is 0 Å². The first-order valence-corrected chi connectivity index (χ1v) is 11.6. The summed E-state index contributed by atoms with van der Waals surface area (Å²) in [6.07, 6.45) is 4.49. The van der Waals surface area contributed by atoms with Gasteiger partial charge in [-0.1, -0.05) is 54.9 Å². The smallest absolute Gasteiger partial charge is 0.122 e. The first-order valence-electron chi connectivity index (χ1n) is 9.89. The van der Waals surface area contributed by atoms with Crippen molar-refractivity contribution in [1.82, 2.24) is 0 Å². The number of hydrogen-bond donors (Lipinski definition) is 2. The van der Waals surface area contributed by atoms with E-state index in [2.05, 4.69) is 87.6 Å². The van der Waals surface area contributed by atoms with Crippen LogP contribution in [0.1, 0.15) is 34.7 Å². The molecule has 0 aromatic heterocycles. The van der Waals surface area contributed by atoms with E-state index < -0.39 is 8.80 Å². The Morgan fingerprint density at radius 1 is 0.821 bits per heavy atom. The molecule has 1 heterocycles. The molecule has 0 unspecified atom stereocenters. The fourth-order valence-corrected chi connectivity index (χ4v) is 7.00. The number of rotatable bonds is 3. The van der Waals surface area contributed by atoms with Crippen LogP contribution in [-0.4, -0.2) is 8.80 Å². The number of nitrogens with two attached hydrogens (primary N) is 1. The topological polar surface area (TPSA) is 38.0 Å². The molecule has 0 bridgehead atoms. The van der Waals surface area contributed by atoms with E-state index in [1.807, 2.05) is 6.07 Å². The minimum atomic E-state index is -0.881. The maximum absolute atomic E-state index is 6.13. The third-order valence-electron chi connectivity index (χ3n) is 5.52. The molecule has 3 aromatic carbocycles. The molecule has 0 aliphatic carbocycles. The van der Waals surface area contributed by atoms with Gasteiger partial charge in [-0.2, -0.15) is 0 Å². The molecule has 0 saturated carbocycles. The van der Waals surface area contributed by atoms with Gasteiger partial charge in [0.25, 0.3) is 0 Å². The van der Waals surface area contributed by atoms with Crippen molar-refractivity contribution in [3.8, 4) is 0 Å². The fourth-order valence-electron chi connectivity index (χ4n) is 4.25. The highest BCUT2D eigenvalue weighted by Crippen LogP contribution is 2.27. The molecule has 4 rings (SSSR count). The van der Waals surface area contributed by atoms with Gasteiger partial charge in [-0.25, -0.2) is 0 Å². The van der Waals surface area contributed by atoms with Crippen LogP contribution >= 0.6 is 0 Å². The Bertz CT molecular complexity index is 1060. The van der Waals surface area contributed by atoms with Gasteiger partial charge in [0, 0.05) is 17.1 Å². The SMILES string of the molecule is CC[Si]1c2cc(N)ccc2C=Cc2ccc(Nc3c(C)cc(C)cc3C)cc21. The molecule has 3 heteroatoms. The number of anilines is 3. The summed E-state index contributed by atoms with van der Waals surface area (Å²) in [4.78, 5) is 0. The third kappa shape index (κ3) is 3.38. The monoisotopic (exact) mass is 383 g/mol. The second kappa shape index (κ2) is 7.32. The molecular weight excluding hydrogens is 356 g/mol. The summed E-state index contributed by atoms with van der Waals surface area (Å²) in [6.45, 7) is 8.80. The average molecular weight is 384 g/mol. The molecule has 3 aromatic rings. The Kier molecular flexibility index (Phi) is 4.86. The summed E-state index contributed by atoms with van der Waals surface area (Å²) in [5, 5.41) is 6.56. The Labute approximate surface area is 169 Å². The Morgan fingerprint density at radius 3 is 2.07 bits per heavy atom. The zero-order valence-corrected chi connectivity index (χ0v) is 18.1. The van der Waals surface area contributed by atoms with Crippen LogP contribution in [-0.2, 0) is 0 Å². The maximum Gasteiger partial charge on any atom is 0.122 e. The lowest BCUT2D eigenvalue weighted by molar-refractivity contribution is 1.31. The Balaban J connectivity index is 1.78. The van der Waals surface area contributed by atoms with Crippen molar-refractivity contribution in [1.29, 1.82) is 0 Å². The standard InChI is InChI=1S/C25H27N2Si/c1-5-28-23-14-21(26)10-8-19(23)6-7-20-9-11-22(15-24(20)28)27-25-17(3)12-16(2)13-18(25)4/h6-15,27H,5,26H2,1-4H3. The molecule has 1 radical (unpaired) electrons. The summed E-state index contributed by atoms with van der Waals surface area (Å²) in [7, 11) is -0.881. The van der Waals surface area contributed by atoms with E-state index in [9.17, 15) is 0 Å². The zero-order chi connectivity index (χ0) is 19.8. The fraction of sp³-hybridized carbons (Fsp3) is 0.200. The Hall–Kier alpha value is -2.78. The van der Waals surface area contributed by atoms with Crippen molar-refractivity contribution in [3.05, 3.63) is 76.3 Å². The van der Waals surface area contributed by atoms with Gasteiger partial charge >= 0.3 is 0 Å². The van der Waals surface area contributed by atoms with E-state index in [4.69, 9.17) is 5.73 Å². The Morgan fingerprint density at radius 2 is 1.43 bits per heavy atom. The zero-order valence-electron chi connectivity index (χ0n) is 17.1. The quantitative estimate of drug-likeness (QED) is 0.491. The molecule has 28 heavy (non-hydrogen) atoms. The molecule has 0 saturated heterocycles. The normalized spacial score (nSPS) is 13.0. The van der Waals surface area contributed by atoms with E-state index >= 15 is 0 Å². The first kappa shape index (κ1) is 18.6. The summed E-state index contributed by atoms with van der Waals surface area (Å²) >= 11 is 0. The van der Waals surface area contributed by atoms with E-state index in [1.54, 1.807) is 0 Å². The number of fused-ring (bicyclic) bond motifs is 2. The molecular formula is C25H27N2Si. The number of benzene rings is 3. The summed E-state index contributed by atoms with van der Waals surface area (Å²) in [5.74, 6) is 0. The summed E-state index contributed by atoms with van der Waals surface area (Å²) < 4.78 is 0. The van der Waals surface area contributed by atoms with E-state index in [1.165, 1.54) is 43.9 Å². The van der Waals surface area contributed by atoms with Crippen molar-refractivity contribution >= 4 is 48.4 Å². The first-order chi connectivity index (χ1) is 13.5. The highest BCUT2D eigenvalue weighted by molar-refractivity contribution is 6.86. The molecule has 0 atom stereocenters. The van der Waals surface area contributed by atoms with Crippen molar-refractivity contribution < 1.29 is 0 Å². The highest BCUT2D eigenvalue weighted by atomic mass is 28.3. The van der Waals surface area contributed by atoms with Gasteiger partial charge < -0.3 is 11.1 Å². The van der Waals surface area contributed by atoms with E-state index in [-0.39, 0.29) is 0 Å². The number of nitrogen functional groups attached to an aromatic ring is 1. The molecule has 0 spiro atoms. The second-order valence-electron chi connectivity index (χ2n) is 7.71.